The number of rotatable bonds is 3. The lowest BCUT2D eigenvalue weighted by atomic mass is 10.2. The molecule has 0 saturated carbocycles. The summed E-state index contributed by atoms with van der Waals surface area (Å²) in [5.74, 6) is -0.219. The van der Waals surface area contributed by atoms with Crippen LogP contribution in [-0.2, 0) is 0 Å². The molecule has 5 nitrogen and oxygen atoms in total. The molecule has 0 radical (unpaired) electrons. The van der Waals surface area contributed by atoms with E-state index >= 15 is 0 Å². The summed E-state index contributed by atoms with van der Waals surface area (Å²) in [6.45, 7) is 1.66. The number of hydrogen-bond donors (Lipinski definition) is 1. The summed E-state index contributed by atoms with van der Waals surface area (Å²) in [5, 5.41) is 2.60. The van der Waals surface area contributed by atoms with E-state index in [9.17, 15) is 9.18 Å². The van der Waals surface area contributed by atoms with Gasteiger partial charge in [-0.3, -0.25) is 4.79 Å². The van der Waals surface area contributed by atoms with E-state index in [2.05, 4.69) is 15.3 Å². The Labute approximate surface area is 116 Å². The van der Waals surface area contributed by atoms with Crippen LogP contribution < -0.4 is 10.2 Å². The molecule has 0 spiro atoms. The zero-order valence-corrected chi connectivity index (χ0v) is 11.5. The summed E-state index contributed by atoms with van der Waals surface area (Å²) in [4.78, 5) is 21.8. The summed E-state index contributed by atoms with van der Waals surface area (Å²) in [6.07, 6.45) is 2.87. The summed E-state index contributed by atoms with van der Waals surface area (Å²) >= 11 is 0. The average molecular weight is 274 g/mol. The second-order valence-corrected chi connectivity index (χ2v) is 4.58. The van der Waals surface area contributed by atoms with E-state index in [1.807, 2.05) is 14.1 Å². The molecular formula is C14H15FN4O. The highest BCUT2D eigenvalue weighted by Crippen LogP contribution is 2.14. The SMILES string of the molecule is Cc1ccc(NC(=O)c2cnc(N(C)C)nc2)cc1F. The Kier molecular flexibility index (Phi) is 3.93. The maximum Gasteiger partial charge on any atom is 0.258 e. The predicted octanol–water partition coefficient (Wildman–Crippen LogP) is 2.24. The summed E-state index contributed by atoms with van der Waals surface area (Å²) in [5.41, 5.74) is 1.24. The first-order valence-corrected chi connectivity index (χ1v) is 6.04. The Morgan fingerprint density at radius 2 is 1.90 bits per heavy atom. The molecule has 0 saturated heterocycles. The molecule has 1 aromatic heterocycles. The van der Waals surface area contributed by atoms with Gasteiger partial charge in [0.1, 0.15) is 5.82 Å². The van der Waals surface area contributed by atoms with Gasteiger partial charge in [0.25, 0.3) is 5.91 Å². The molecule has 1 amide bonds. The van der Waals surface area contributed by atoms with Gasteiger partial charge in [-0.1, -0.05) is 6.07 Å². The lowest BCUT2D eigenvalue weighted by Crippen LogP contribution is -2.16. The number of carbonyl (C=O) groups excluding carboxylic acids is 1. The van der Waals surface area contributed by atoms with Crippen molar-refractivity contribution in [3.8, 4) is 0 Å². The second kappa shape index (κ2) is 5.64. The minimum Gasteiger partial charge on any atom is -0.347 e. The van der Waals surface area contributed by atoms with Crippen molar-refractivity contribution in [2.75, 3.05) is 24.3 Å². The first-order chi connectivity index (χ1) is 9.47. The molecule has 0 bridgehead atoms. The van der Waals surface area contributed by atoms with Gasteiger partial charge in [0.15, 0.2) is 0 Å². The third-order valence-corrected chi connectivity index (χ3v) is 2.73. The van der Waals surface area contributed by atoms with Crippen molar-refractivity contribution in [2.45, 2.75) is 6.92 Å². The van der Waals surface area contributed by atoms with E-state index < -0.39 is 0 Å². The first kappa shape index (κ1) is 13.9. The molecule has 20 heavy (non-hydrogen) atoms. The van der Waals surface area contributed by atoms with Gasteiger partial charge in [-0.2, -0.15) is 0 Å². The van der Waals surface area contributed by atoms with E-state index in [1.54, 1.807) is 24.0 Å². The van der Waals surface area contributed by atoms with Crippen LogP contribution in [0.5, 0.6) is 0 Å². The number of nitrogens with one attached hydrogen (secondary N) is 1. The highest BCUT2D eigenvalue weighted by molar-refractivity contribution is 6.03. The highest BCUT2D eigenvalue weighted by atomic mass is 19.1. The van der Waals surface area contributed by atoms with Gasteiger partial charge in [0, 0.05) is 32.2 Å². The molecule has 1 heterocycles. The lowest BCUT2D eigenvalue weighted by Gasteiger charge is -2.10. The Balaban J connectivity index is 2.13. The van der Waals surface area contributed by atoms with Crippen molar-refractivity contribution in [2.24, 2.45) is 0 Å². The maximum atomic E-state index is 13.4. The predicted molar refractivity (Wildman–Crippen MR) is 75.4 cm³/mol. The van der Waals surface area contributed by atoms with Crippen LogP contribution >= 0.6 is 0 Å². The number of carbonyl (C=O) groups is 1. The van der Waals surface area contributed by atoms with Gasteiger partial charge >= 0.3 is 0 Å². The van der Waals surface area contributed by atoms with Crippen molar-refractivity contribution in [3.05, 3.63) is 47.5 Å². The fourth-order valence-electron chi connectivity index (χ4n) is 1.54. The molecule has 0 aliphatic rings. The number of nitrogens with zero attached hydrogens (tertiary/aromatic N) is 3. The van der Waals surface area contributed by atoms with Gasteiger partial charge in [-0.05, 0) is 24.6 Å². The highest BCUT2D eigenvalue weighted by Gasteiger charge is 2.09. The molecular weight excluding hydrogens is 259 g/mol. The number of halogens is 1. The Morgan fingerprint density at radius 1 is 1.25 bits per heavy atom. The fraction of sp³-hybridized carbons (Fsp3) is 0.214. The normalized spacial score (nSPS) is 10.2. The molecule has 0 fully saturated rings. The van der Waals surface area contributed by atoms with Crippen LogP contribution in [0.25, 0.3) is 0 Å². The van der Waals surface area contributed by atoms with E-state index in [0.29, 0.717) is 22.8 Å². The topological polar surface area (TPSA) is 58.1 Å². The van der Waals surface area contributed by atoms with Gasteiger partial charge in [0.05, 0.1) is 5.56 Å². The summed E-state index contributed by atoms with van der Waals surface area (Å²) < 4.78 is 13.4. The summed E-state index contributed by atoms with van der Waals surface area (Å²) in [7, 11) is 3.62. The van der Waals surface area contributed by atoms with Crippen molar-refractivity contribution in [1.82, 2.24) is 9.97 Å². The van der Waals surface area contributed by atoms with Crippen LogP contribution in [0.3, 0.4) is 0 Å². The number of amides is 1. The molecule has 1 aromatic carbocycles. The van der Waals surface area contributed by atoms with Crippen LogP contribution in [-0.4, -0.2) is 30.0 Å². The molecule has 1 N–H and O–H groups in total. The van der Waals surface area contributed by atoms with Gasteiger partial charge in [0.2, 0.25) is 5.95 Å². The molecule has 2 aromatic rings. The van der Waals surface area contributed by atoms with Crippen molar-refractivity contribution in [1.29, 1.82) is 0 Å². The number of aryl methyl sites for hydroxylation is 1. The van der Waals surface area contributed by atoms with Crippen LogP contribution in [0.4, 0.5) is 16.0 Å². The molecule has 0 unspecified atom stereocenters. The third kappa shape index (κ3) is 3.09. The van der Waals surface area contributed by atoms with Crippen molar-refractivity contribution < 1.29 is 9.18 Å². The molecule has 2 rings (SSSR count). The van der Waals surface area contributed by atoms with Gasteiger partial charge < -0.3 is 10.2 Å². The minimum atomic E-state index is -0.376. The number of benzene rings is 1. The van der Waals surface area contributed by atoms with Crippen LogP contribution in [0.15, 0.2) is 30.6 Å². The van der Waals surface area contributed by atoms with Crippen molar-refractivity contribution in [3.63, 3.8) is 0 Å². The summed E-state index contributed by atoms with van der Waals surface area (Å²) in [6, 6.07) is 4.53. The molecule has 6 heteroatoms. The van der Waals surface area contributed by atoms with E-state index in [4.69, 9.17) is 0 Å². The number of aromatic nitrogens is 2. The Bertz CT molecular complexity index is 626. The third-order valence-electron chi connectivity index (χ3n) is 2.73. The lowest BCUT2D eigenvalue weighted by molar-refractivity contribution is 0.102. The van der Waals surface area contributed by atoms with Gasteiger partial charge in [-0.25, -0.2) is 14.4 Å². The standard InChI is InChI=1S/C14H15FN4O/c1-9-4-5-11(6-12(9)15)18-13(20)10-7-16-14(17-8-10)19(2)3/h4-8H,1-3H3,(H,18,20). The zero-order valence-electron chi connectivity index (χ0n) is 11.5. The minimum absolute atomic E-state index is 0.316. The van der Waals surface area contributed by atoms with Crippen LogP contribution in [0.2, 0.25) is 0 Å². The monoisotopic (exact) mass is 274 g/mol. The Morgan fingerprint density at radius 3 is 2.45 bits per heavy atom. The molecule has 0 atom stereocenters. The Hall–Kier alpha value is -2.50. The van der Waals surface area contributed by atoms with Gasteiger partial charge in [-0.15, -0.1) is 0 Å². The maximum absolute atomic E-state index is 13.4. The van der Waals surface area contributed by atoms with Crippen molar-refractivity contribution >= 4 is 17.5 Å². The molecule has 0 aliphatic carbocycles. The fourth-order valence-corrected chi connectivity index (χ4v) is 1.54. The van der Waals surface area contributed by atoms with Crippen LogP contribution in [0.1, 0.15) is 15.9 Å². The molecule has 104 valence electrons. The van der Waals surface area contributed by atoms with Crippen LogP contribution in [0, 0.1) is 12.7 Å². The van der Waals surface area contributed by atoms with E-state index in [1.165, 1.54) is 18.5 Å². The van der Waals surface area contributed by atoms with E-state index in [0.717, 1.165) is 0 Å². The number of hydrogen-bond acceptors (Lipinski definition) is 4. The largest absolute Gasteiger partial charge is 0.347 e. The average Bonchev–Trinajstić information content (AvgIpc) is 2.43. The molecule has 0 aliphatic heterocycles. The number of anilines is 2. The smallest absolute Gasteiger partial charge is 0.258 e. The quantitative estimate of drug-likeness (QED) is 0.932. The zero-order chi connectivity index (χ0) is 14.7. The van der Waals surface area contributed by atoms with E-state index in [-0.39, 0.29) is 11.7 Å². The second-order valence-electron chi connectivity index (χ2n) is 4.58. The first-order valence-electron chi connectivity index (χ1n) is 6.04.